The number of anilines is 1. The smallest absolute Gasteiger partial charge is 0.267 e. The molecule has 0 bridgehead atoms. The molecule has 0 radical (unpaired) electrons. The Morgan fingerprint density at radius 1 is 1.00 bits per heavy atom. The molecule has 1 aliphatic carbocycles. The van der Waals surface area contributed by atoms with E-state index in [-0.39, 0.29) is 25.0 Å². The van der Waals surface area contributed by atoms with Gasteiger partial charge in [0.15, 0.2) is 0 Å². The molecule has 2 aromatic carbocycles. The van der Waals surface area contributed by atoms with Crippen molar-refractivity contribution in [3.05, 3.63) is 65.7 Å². The number of benzene rings is 2. The molecule has 1 saturated heterocycles. The lowest BCUT2D eigenvalue weighted by Gasteiger charge is -2.31. The molecule has 2 aromatic rings. The molecular weight excluding hydrogens is 408 g/mol. The second-order valence-corrected chi connectivity index (χ2v) is 7.98. The maximum absolute atomic E-state index is 13.3. The first-order valence-electron chi connectivity index (χ1n) is 10.6. The third kappa shape index (κ3) is 4.48. The van der Waals surface area contributed by atoms with Gasteiger partial charge in [-0.3, -0.25) is 19.4 Å². The molecule has 2 aliphatic rings. The van der Waals surface area contributed by atoms with E-state index in [1.54, 1.807) is 29.3 Å². The van der Waals surface area contributed by atoms with Crippen molar-refractivity contribution in [1.82, 2.24) is 10.0 Å². The minimum absolute atomic E-state index is 0.0512. The van der Waals surface area contributed by atoms with Crippen molar-refractivity contribution in [3.8, 4) is 6.07 Å². The van der Waals surface area contributed by atoms with Gasteiger partial charge in [0.1, 0.15) is 13.2 Å². The summed E-state index contributed by atoms with van der Waals surface area (Å²) in [4.78, 5) is 38.1. The van der Waals surface area contributed by atoms with Crippen LogP contribution in [0, 0.1) is 11.3 Å². The molecule has 0 aromatic heterocycles. The van der Waals surface area contributed by atoms with Gasteiger partial charge in [-0.15, -0.1) is 0 Å². The van der Waals surface area contributed by atoms with Crippen molar-refractivity contribution in [2.45, 2.75) is 24.7 Å². The lowest BCUT2D eigenvalue weighted by Crippen LogP contribution is -2.50. The number of carbonyl (C=O) groups is 3. The minimum atomic E-state index is -0.539. The first-order valence-corrected chi connectivity index (χ1v) is 10.6. The van der Waals surface area contributed by atoms with Crippen LogP contribution in [0.25, 0.3) is 0 Å². The van der Waals surface area contributed by atoms with Crippen molar-refractivity contribution in [1.29, 1.82) is 5.26 Å². The number of nitrogens with one attached hydrogen (secondary N) is 1. The Labute approximate surface area is 186 Å². The Hall–Kier alpha value is -3.70. The molecule has 1 N–H and O–H groups in total. The van der Waals surface area contributed by atoms with Crippen LogP contribution in [-0.2, 0) is 24.5 Å². The van der Waals surface area contributed by atoms with E-state index < -0.39 is 11.3 Å². The van der Waals surface area contributed by atoms with Crippen LogP contribution in [0.2, 0.25) is 0 Å². The third-order valence-corrected chi connectivity index (χ3v) is 5.77. The molecule has 4 rings (SSSR count). The molecule has 164 valence electrons. The van der Waals surface area contributed by atoms with Gasteiger partial charge in [0.25, 0.3) is 11.8 Å². The quantitative estimate of drug-likeness (QED) is 0.723. The number of ether oxygens (including phenoxy) is 1. The topological polar surface area (TPSA) is 103 Å². The molecule has 1 saturated carbocycles. The number of amides is 3. The lowest BCUT2D eigenvalue weighted by molar-refractivity contribution is -0.162. The van der Waals surface area contributed by atoms with E-state index >= 15 is 0 Å². The molecular formula is C24H24N4O4. The summed E-state index contributed by atoms with van der Waals surface area (Å²) >= 11 is 0. The summed E-state index contributed by atoms with van der Waals surface area (Å²) in [5, 5.41) is 14.5. The lowest BCUT2D eigenvalue weighted by atomic mass is 9.95. The van der Waals surface area contributed by atoms with Crippen LogP contribution in [0.5, 0.6) is 0 Å². The number of carbonyl (C=O) groups excluding carboxylic acids is 3. The second kappa shape index (κ2) is 9.20. The standard InChI is InChI=1S/C24H24N4O4/c25-15-18-6-4-9-20(14-18)26-21(29)16-32-17-22(30)27-12-5-13-28(27)23(31)24(10-11-24)19-7-2-1-3-8-19/h1-4,6-9,14H,5,10-13,16-17H2,(H,26,29). The van der Waals surface area contributed by atoms with Crippen molar-refractivity contribution in [2.75, 3.05) is 31.6 Å². The zero-order chi connectivity index (χ0) is 22.6. The summed E-state index contributed by atoms with van der Waals surface area (Å²) in [6, 6.07) is 18.2. The van der Waals surface area contributed by atoms with Crippen molar-refractivity contribution in [2.24, 2.45) is 0 Å². The van der Waals surface area contributed by atoms with Crippen LogP contribution in [0.1, 0.15) is 30.4 Å². The third-order valence-electron chi connectivity index (χ3n) is 5.77. The summed E-state index contributed by atoms with van der Waals surface area (Å²) in [6.45, 7) is 0.340. The first kappa shape index (κ1) is 21.5. The second-order valence-electron chi connectivity index (χ2n) is 7.98. The monoisotopic (exact) mass is 432 g/mol. The van der Waals surface area contributed by atoms with Gasteiger partial charge in [-0.2, -0.15) is 5.26 Å². The molecule has 1 aliphatic heterocycles. The Bertz CT molecular complexity index is 1060. The van der Waals surface area contributed by atoms with Gasteiger partial charge in [-0.1, -0.05) is 36.4 Å². The van der Waals surface area contributed by atoms with Crippen LogP contribution in [0.3, 0.4) is 0 Å². The molecule has 2 fully saturated rings. The average molecular weight is 432 g/mol. The zero-order valence-corrected chi connectivity index (χ0v) is 17.6. The maximum atomic E-state index is 13.3. The number of nitrogens with zero attached hydrogens (tertiary/aromatic N) is 3. The van der Waals surface area contributed by atoms with Gasteiger partial charge in [0.05, 0.1) is 17.0 Å². The van der Waals surface area contributed by atoms with Crippen molar-refractivity contribution < 1.29 is 19.1 Å². The Morgan fingerprint density at radius 2 is 1.75 bits per heavy atom. The minimum Gasteiger partial charge on any atom is -0.362 e. The zero-order valence-electron chi connectivity index (χ0n) is 17.6. The predicted octanol–water partition coefficient (Wildman–Crippen LogP) is 2.22. The summed E-state index contributed by atoms with van der Waals surface area (Å²) in [6.07, 6.45) is 2.26. The maximum Gasteiger partial charge on any atom is 0.267 e. The van der Waals surface area contributed by atoms with Crippen molar-refractivity contribution in [3.63, 3.8) is 0 Å². The number of hydrogen-bond donors (Lipinski definition) is 1. The van der Waals surface area contributed by atoms with Gasteiger partial charge >= 0.3 is 0 Å². The molecule has 32 heavy (non-hydrogen) atoms. The number of hydrogen-bond acceptors (Lipinski definition) is 5. The van der Waals surface area contributed by atoms with Crippen LogP contribution in [-0.4, -0.2) is 54.0 Å². The average Bonchev–Trinajstić information content (AvgIpc) is 3.48. The summed E-state index contributed by atoms with van der Waals surface area (Å²) < 4.78 is 5.31. The van der Waals surface area contributed by atoms with Gasteiger partial charge < -0.3 is 10.1 Å². The first-order chi connectivity index (χ1) is 15.5. The molecule has 0 atom stereocenters. The molecule has 0 unspecified atom stereocenters. The fourth-order valence-electron chi connectivity index (χ4n) is 4.01. The Kier molecular flexibility index (Phi) is 6.19. The van der Waals surface area contributed by atoms with E-state index in [1.165, 1.54) is 5.01 Å². The fraction of sp³-hybridized carbons (Fsp3) is 0.333. The largest absolute Gasteiger partial charge is 0.362 e. The normalized spacial score (nSPS) is 16.3. The van der Waals surface area contributed by atoms with E-state index in [0.29, 0.717) is 30.8 Å². The summed E-state index contributed by atoms with van der Waals surface area (Å²) in [5.74, 6) is -0.827. The van der Waals surface area contributed by atoms with Crippen LogP contribution in [0.4, 0.5) is 5.69 Å². The van der Waals surface area contributed by atoms with Gasteiger partial charge in [0, 0.05) is 18.8 Å². The molecule has 8 heteroatoms. The van der Waals surface area contributed by atoms with Crippen LogP contribution >= 0.6 is 0 Å². The summed E-state index contributed by atoms with van der Waals surface area (Å²) in [5.41, 5.74) is 1.36. The number of nitriles is 1. The predicted molar refractivity (Wildman–Crippen MR) is 116 cm³/mol. The van der Waals surface area contributed by atoms with Crippen LogP contribution < -0.4 is 5.32 Å². The van der Waals surface area contributed by atoms with E-state index in [2.05, 4.69) is 5.32 Å². The molecule has 0 spiro atoms. The van der Waals surface area contributed by atoms with E-state index in [0.717, 1.165) is 18.4 Å². The highest BCUT2D eigenvalue weighted by Crippen LogP contribution is 2.50. The van der Waals surface area contributed by atoms with Crippen LogP contribution in [0.15, 0.2) is 54.6 Å². The summed E-state index contributed by atoms with van der Waals surface area (Å²) in [7, 11) is 0. The van der Waals surface area contributed by atoms with Gasteiger partial charge in [-0.05, 0) is 43.0 Å². The van der Waals surface area contributed by atoms with Gasteiger partial charge in [-0.25, -0.2) is 5.01 Å². The Morgan fingerprint density at radius 3 is 2.47 bits per heavy atom. The number of rotatable bonds is 7. The van der Waals surface area contributed by atoms with Gasteiger partial charge in [0.2, 0.25) is 5.91 Å². The van der Waals surface area contributed by atoms with Crippen molar-refractivity contribution >= 4 is 23.4 Å². The van der Waals surface area contributed by atoms with E-state index in [1.807, 2.05) is 36.4 Å². The number of hydrazine groups is 1. The molecule has 8 nitrogen and oxygen atoms in total. The fourth-order valence-corrected chi connectivity index (χ4v) is 4.01. The highest BCUT2D eigenvalue weighted by molar-refractivity contribution is 5.94. The van der Waals surface area contributed by atoms with E-state index in [4.69, 9.17) is 10.00 Å². The highest BCUT2D eigenvalue weighted by atomic mass is 16.5. The SMILES string of the molecule is N#Cc1cccc(NC(=O)COCC(=O)N2CCCN2C(=O)C2(c3ccccc3)CC2)c1. The molecule has 3 amide bonds. The molecule has 1 heterocycles. The Balaban J connectivity index is 1.30. The highest BCUT2D eigenvalue weighted by Gasteiger charge is 2.54. The van der Waals surface area contributed by atoms with E-state index in [9.17, 15) is 14.4 Å².